The molecule has 1 fully saturated rings. The van der Waals surface area contributed by atoms with Crippen LogP contribution in [0, 0.1) is 0 Å². The van der Waals surface area contributed by atoms with Gasteiger partial charge >= 0.3 is 0 Å². The number of hydrogen-bond acceptors (Lipinski definition) is 3. The van der Waals surface area contributed by atoms with Gasteiger partial charge in [0.05, 0.1) is 11.1 Å². The number of aryl methyl sites for hydroxylation is 1. The number of amides is 1. The van der Waals surface area contributed by atoms with E-state index in [9.17, 15) is 4.79 Å². The Balaban J connectivity index is 1.29. The van der Waals surface area contributed by atoms with Gasteiger partial charge in [0.1, 0.15) is 0 Å². The number of rotatable bonds is 5. The minimum absolute atomic E-state index is 0.102. The van der Waals surface area contributed by atoms with Gasteiger partial charge in [0.25, 0.3) is 5.91 Å². The van der Waals surface area contributed by atoms with E-state index in [1.807, 2.05) is 29.2 Å². The number of nitrogens with zero attached hydrogens (tertiary/aromatic N) is 3. The predicted molar refractivity (Wildman–Crippen MR) is 131 cm³/mol. The molecule has 32 heavy (non-hydrogen) atoms. The monoisotopic (exact) mass is 423 g/mol. The molecule has 0 aliphatic carbocycles. The molecule has 0 atom stereocenters. The van der Waals surface area contributed by atoms with E-state index in [0.717, 1.165) is 79.2 Å². The molecule has 1 saturated heterocycles. The van der Waals surface area contributed by atoms with Crippen molar-refractivity contribution in [3.05, 3.63) is 90.1 Å². The van der Waals surface area contributed by atoms with Crippen LogP contribution in [0.1, 0.15) is 28.8 Å². The van der Waals surface area contributed by atoms with Gasteiger partial charge in [0, 0.05) is 31.2 Å². The third-order valence-corrected chi connectivity index (χ3v) is 6.50. The first-order chi connectivity index (χ1) is 15.8. The maximum absolute atomic E-state index is 13.6. The van der Waals surface area contributed by atoms with Gasteiger partial charge in [-0.05, 0) is 60.8 Å². The number of carbonyl (C=O) groups excluding carboxylic acids is 1. The Kier molecular flexibility index (Phi) is 6.13. The Bertz CT molecular complexity index is 1220. The second-order valence-electron chi connectivity index (χ2n) is 8.62. The smallest absolute Gasteiger partial charge is 0.256 e. The summed E-state index contributed by atoms with van der Waals surface area (Å²) in [6, 6.07) is 25.0. The Morgan fingerprint density at radius 1 is 0.844 bits per heavy atom. The van der Waals surface area contributed by atoms with E-state index < -0.39 is 0 Å². The van der Waals surface area contributed by atoms with Crippen molar-refractivity contribution in [1.82, 2.24) is 14.8 Å². The van der Waals surface area contributed by atoms with E-state index in [4.69, 9.17) is 0 Å². The van der Waals surface area contributed by atoms with Crippen molar-refractivity contribution in [1.29, 1.82) is 0 Å². The van der Waals surface area contributed by atoms with Gasteiger partial charge in [-0.2, -0.15) is 0 Å². The molecule has 0 spiro atoms. The lowest BCUT2D eigenvalue weighted by atomic mass is 10.00. The van der Waals surface area contributed by atoms with Crippen LogP contribution < -0.4 is 0 Å². The second-order valence-corrected chi connectivity index (χ2v) is 8.62. The fourth-order valence-electron chi connectivity index (χ4n) is 4.81. The minimum Gasteiger partial charge on any atom is -0.337 e. The molecule has 4 nitrogen and oxygen atoms in total. The van der Waals surface area contributed by atoms with E-state index in [0.29, 0.717) is 0 Å². The van der Waals surface area contributed by atoms with E-state index in [1.165, 1.54) is 5.56 Å². The zero-order valence-corrected chi connectivity index (χ0v) is 18.4. The number of pyridine rings is 1. The van der Waals surface area contributed by atoms with Crippen molar-refractivity contribution in [2.24, 2.45) is 0 Å². The maximum atomic E-state index is 13.6. The zero-order chi connectivity index (χ0) is 21.8. The van der Waals surface area contributed by atoms with E-state index in [1.54, 1.807) is 6.20 Å². The molecule has 4 heteroatoms. The summed E-state index contributed by atoms with van der Waals surface area (Å²) in [5.41, 5.74) is 2.92. The van der Waals surface area contributed by atoms with Crippen LogP contribution in [0.15, 0.2) is 79.0 Å². The number of carbonyl (C=O) groups is 1. The van der Waals surface area contributed by atoms with E-state index in [2.05, 4.69) is 58.4 Å². The molecule has 162 valence electrons. The third-order valence-electron chi connectivity index (χ3n) is 6.50. The molecule has 1 aliphatic rings. The van der Waals surface area contributed by atoms with Crippen LogP contribution >= 0.6 is 0 Å². The lowest BCUT2D eigenvalue weighted by molar-refractivity contribution is 0.0763. The zero-order valence-electron chi connectivity index (χ0n) is 18.4. The highest BCUT2D eigenvalue weighted by molar-refractivity contribution is 6.15. The predicted octanol–water partition coefficient (Wildman–Crippen LogP) is 5.17. The largest absolute Gasteiger partial charge is 0.337 e. The molecule has 1 aliphatic heterocycles. The lowest BCUT2D eigenvalue weighted by Gasteiger charge is -2.23. The molecule has 0 bridgehead atoms. The van der Waals surface area contributed by atoms with Crippen LogP contribution in [0.3, 0.4) is 0 Å². The van der Waals surface area contributed by atoms with Gasteiger partial charge in [0.15, 0.2) is 0 Å². The molecule has 1 aromatic heterocycles. The van der Waals surface area contributed by atoms with Gasteiger partial charge in [0.2, 0.25) is 0 Å². The summed E-state index contributed by atoms with van der Waals surface area (Å²) in [6.07, 6.45) is 5.05. The Morgan fingerprint density at radius 2 is 1.66 bits per heavy atom. The van der Waals surface area contributed by atoms with Gasteiger partial charge in [-0.3, -0.25) is 9.78 Å². The molecule has 1 amide bonds. The number of benzene rings is 3. The van der Waals surface area contributed by atoms with Gasteiger partial charge in [-0.15, -0.1) is 0 Å². The number of fused-ring (bicyclic) bond motifs is 3. The SMILES string of the molecule is O=C(c1cc2ccccc2c2cccnc12)N1CCCN(CCCc2ccccc2)CC1. The average Bonchev–Trinajstić information content (AvgIpc) is 3.09. The molecule has 5 rings (SSSR count). The summed E-state index contributed by atoms with van der Waals surface area (Å²) < 4.78 is 0. The first-order valence-electron chi connectivity index (χ1n) is 11.6. The van der Waals surface area contributed by atoms with Gasteiger partial charge in [-0.25, -0.2) is 0 Å². The summed E-state index contributed by atoms with van der Waals surface area (Å²) in [4.78, 5) is 22.7. The van der Waals surface area contributed by atoms with E-state index in [-0.39, 0.29) is 5.91 Å². The van der Waals surface area contributed by atoms with Gasteiger partial charge < -0.3 is 9.80 Å². The molecular formula is C28H29N3O. The normalized spacial score (nSPS) is 15.2. The van der Waals surface area contributed by atoms with Gasteiger partial charge in [-0.1, -0.05) is 60.7 Å². The first kappa shape index (κ1) is 20.7. The Labute approximate surface area is 189 Å². The lowest BCUT2D eigenvalue weighted by Crippen LogP contribution is -2.35. The van der Waals surface area contributed by atoms with Crippen molar-refractivity contribution >= 4 is 27.6 Å². The van der Waals surface area contributed by atoms with Crippen LogP contribution in [0.5, 0.6) is 0 Å². The van der Waals surface area contributed by atoms with Crippen molar-refractivity contribution < 1.29 is 4.79 Å². The van der Waals surface area contributed by atoms with Crippen molar-refractivity contribution in [2.45, 2.75) is 19.3 Å². The highest BCUT2D eigenvalue weighted by Gasteiger charge is 2.23. The summed E-state index contributed by atoms with van der Waals surface area (Å²) >= 11 is 0. The standard InChI is InChI=1S/C28H29N3O/c32-28(26-21-23-12-4-5-13-24(23)25-14-6-15-29-27(25)26)31-18-8-17-30(19-20-31)16-7-11-22-9-2-1-3-10-22/h1-6,9-10,12-15,21H,7-8,11,16-20H2. The topological polar surface area (TPSA) is 36.4 Å². The molecule has 4 aromatic rings. The van der Waals surface area contributed by atoms with Crippen molar-refractivity contribution in [3.63, 3.8) is 0 Å². The summed E-state index contributed by atoms with van der Waals surface area (Å²) in [5.74, 6) is 0.102. The van der Waals surface area contributed by atoms with Crippen LogP contribution in [-0.2, 0) is 6.42 Å². The number of hydrogen-bond donors (Lipinski definition) is 0. The van der Waals surface area contributed by atoms with Crippen LogP contribution in [0.4, 0.5) is 0 Å². The minimum atomic E-state index is 0.102. The quantitative estimate of drug-likeness (QED) is 0.416. The van der Waals surface area contributed by atoms with Crippen molar-refractivity contribution in [2.75, 3.05) is 32.7 Å². The molecule has 2 heterocycles. The molecule has 0 radical (unpaired) electrons. The molecular weight excluding hydrogens is 394 g/mol. The van der Waals surface area contributed by atoms with E-state index >= 15 is 0 Å². The molecule has 3 aromatic carbocycles. The van der Waals surface area contributed by atoms with Crippen LogP contribution in [0.2, 0.25) is 0 Å². The fraction of sp³-hybridized carbons (Fsp3) is 0.286. The maximum Gasteiger partial charge on any atom is 0.256 e. The highest BCUT2D eigenvalue weighted by atomic mass is 16.2. The number of aromatic nitrogens is 1. The Morgan fingerprint density at radius 3 is 2.56 bits per heavy atom. The average molecular weight is 424 g/mol. The van der Waals surface area contributed by atoms with Crippen LogP contribution in [0.25, 0.3) is 21.7 Å². The first-order valence-corrected chi connectivity index (χ1v) is 11.6. The molecule has 0 unspecified atom stereocenters. The Hall–Kier alpha value is -3.24. The third kappa shape index (κ3) is 4.37. The van der Waals surface area contributed by atoms with Crippen molar-refractivity contribution in [3.8, 4) is 0 Å². The summed E-state index contributed by atoms with van der Waals surface area (Å²) in [6.45, 7) is 4.63. The summed E-state index contributed by atoms with van der Waals surface area (Å²) in [7, 11) is 0. The second kappa shape index (κ2) is 9.49. The van der Waals surface area contributed by atoms with Crippen LogP contribution in [-0.4, -0.2) is 53.4 Å². The fourth-order valence-corrected chi connectivity index (χ4v) is 4.81. The molecule has 0 N–H and O–H groups in total. The molecule has 0 saturated carbocycles. The summed E-state index contributed by atoms with van der Waals surface area (Å²) in [5, 5.41) is 3.28. The highest BCUT2D eigenvalue weighted by Crippen LogP contribution is 2.28.